The molecule has 0 saturated carbocycles. The Morgan fingerprint density at radius 3 is 2.50 bits per heavy atom. The Bertz CT molecular complexity index is 270. The van der Waals surface area contributed by atoms with Gasteiger partial charge in [-0.15, -0.1) is 0 Å². The molecule has 0 bridgehead atoms. The zero-order valence-electron chi connectivity index (χ0n) is 12.2. The van der Waals surface area contributed by atoms with Crippen LogP contribution in [0.25, 0.3) is 0 Å². The predicted molar refractivity (Wildman–Crippen MR) is 70.7 cm³/mol. The van der Waals surface area contributed by atoms with Gasteiger partial charge in [-0.25, -0.2) is 4.79 Å². The topological polar surface area (TPSA) is 42.0 Å². The molecule has 1 rings (SSSR count). The van der Waals surface area contributed by atoms with Gasteiger partial charge < -0.3 is 14.4 Å². The number of amides is 1. The van der Waals surface area contributed by atoms with Gasteiger partial charge in [0.1, 0.15) is 5.60 Å². The Hall–Kier alpha value is -0.810. The number of carbonyl (C=O) groups excluding carboxylic acids is 1. The molecule has 18 heavy (non-hydrogen) atoms. The standard InChI is InChI=1S/C13H26N2O3/c1-13(2,3)18-12(16)15(5)8-7-14(4)11-6-9-17-10-11/h11H,6-10H2,1-5H3. The van der Waals surface area contributed by atoms with E-state index in [4.69, 9.17) is 9.47 Å². The molecule has 106 valence electrons. The van der Waals surface area contributed by atoms with Crippen LogP contribution in [0.5, 0.6) is 0 Å². The summed E-state index contributed by atoms with van der Waals surface area (Å²) in [5, 5.41) is 0. The summed E-state index contributed by atoms with van der Waals surface area (Å²) in [7, 11) is 3.84. The number of likely N-dealkylation sites (N-methyl/N-ethyl adjacent to an activating group) is 2. The smallest absolute Gasteiger partial charge is 0.410 e. The summed E-state index contributed by atoms with van der Waals surface area (Å²) in [6, 6.07) is 0.483. The molecule has 0 radical (unpaired) electrons. The minimum absolute atomic E-state index is 0.265. The third kappa shape index (κ3) is 5.23. The van der Waals surface area contributed by atoms with Crippen molar-refractivity contribution in [3.63, 3.8) is 0 Å². The molecule has 0 aliphatic carbocycles. The Labute approximate surface area is 110 Å². The molecule has 1 saturated heterocycles. The number of carbonyl (C=O) groups is 1. The minimum Gasteiger partial charge on any atom is -0.444 e. The van der Waals surface area contributed by atoms with Crippen molar-refractivity contribution in [2.75, 3.05) is 40.4 Å². The molecule has 1 aliphatic heterocycles. The zero-order valence-corrected chi connectivity index (χ0v) is 12.2. The third-order valence-electron chi connectivity index (χ3n) is 3.02. The first kappa shape index (κ1) is 15.2. The van der Waals surface area contributed by atoms with Crippen LogP contribution in [0.4, 0.5) is 4.79 Å². The van der Waals surface area contributed by atoms with E-state index < -0.39 is 5.60 Å². The van der Waals surface area contributed by atoms with Gasteiger partial charge in [-0.2, -0.15) is 0 Å². The SMILES string of the molecule is CN(CCN(C)C1CCOC1)C(=O)OC(C)(C)C. The van der Waals surface area contributed by atoms with Crippen LogP contribution in [-0.4, -0.2) is 67.9 Å². The van der Waals surface area contributed by atoms with Crippen molar-refractivity contribution in [3.8, 4) is 0 Å². The molecule has 1 unspecified atom stereocenters. The Balaban J connectivity index is 2.27. The molecule has 1 heterocycles. The second-order valence-corrected chi connectivity index (χ2v) is 5.90. The minimum atomic E-state index is -0.434. The van der Waals surface area contributed by atoms with Gasteiger partial charge in [-0.05, 0) is 34.2 Å². The maximum absolute atomic E-state index is 11.8. The summed E-state index contributed by atoms with van der Waals surface area (Å²) < 4.78 is 10.7. The molecule has 1 fully saturated rings. The first-order valence-corrected chi connectivity index (χ1v) is 6.51. The molecule has 5 heteroatoms. The summed E-state index contributed by atoms with van der Waals surface area (Å²) in [6.07, 6.45) is 0.811. The van der Waals surface area contributed by atoms with Gasteiger partial charge in [0.25, 0.3) is 0 Å². The van der Waals surface area contributed by atoms with Crippen molar-refractivity contribution in [1.29, 1.82) is 0 Å². The van der Waals surface area contributed by atoms with Gasteiger partial charge in [0.2, 0.25) is 0 Å². The van der Waals surface area contributed by atoms with Crippen molar-refractivity contribution in [3.05, 3.63) is 0 Å². The number of hydrogen-bond acceptors (Lipinski definition) is 4. The molecule has 0 aromatic carbocycles. The van der Waals surface area contributed by atoms with E-state index in [1.165, 1.54) is 0 Å². The largest absolute Gasteiger partial charge is 0.444 e. The number of hydrogen-bond donors (Lipinski definition) is 0. The monoisotopic (exact) mass is 258 g/mol. The van der Waals surface area contributed by atoms with Gasteiger partial charge in [-0.3, -0.25) is 4.90 Å². The average Bonchev–Trinajstić information content (AvgIpc) is 2.76. The van der Waals surface area contributed by atoms with Crippen molar-refractivity contribution in [2.24, 2.45) is 0 Å². The molecule has 1 atom stereocenters. The van der Waals surface area contributed by atoms with Crippen molar-refractivity contribution >= 4 is 6.09 Å². The fourth-order valence-electron chi connectivity index (χ4n) is 1.79. The summed E-state index contributed by atoms with van der Waals surface area (Å²) in [5.74, 6) is 0. The molecule has 0 aromatic heterocycles. The number of rotatable bonds is 4. The fraction of sp³-hybridized carbons (Fsp3) is 0.923. The highest BCUT2D eigenvalue weighted by Gasteiger charge is 2.22. The second kappa shape index (κ2) is 6.38. The van der Waals surface area contributed by atoms with E-state index in [2.05, 4.69) is 11.9 Å². The summed E-state index contributed by atoms with van der Waals surface area (Å²) >= 11 is 0. The van der Waals surface area contributed by atoms with Crippen LogP contribution in [0.2, 0.25) is 0 Å². The van der Waals surface area contributed by atoms with Gasteiger partial charge in [0, 0.05) is 32.8 Å². The lowest BCUT2D eigenvalue weighted by molar-refractivity contribution is 0.0279. The second-order valence-electron chi connectivity index (χ2n) is 5.90. The maximum atomic E-state index is 11.8. The van der Waals surface area contributed by atoms with Crippen molar-refractivity contribution in [2.45, 2.75) is 38.8 Å². The van der Waals surface area contributed by atoms with E-state index in [1.54, 1.807) is 11.9 Å². The zero-order chi connectivity index (χ0) is 13.8. The van der Waals surface area contributed by atoms with E-state index in [0.29, 0.717) is 12.6 Å². The summed E-state index contributed by atoms with van der Waals surface area (Å²) in [4.78, 5) is 15.6. The van der Waals surface area contributed by atoms with E-state index >= 15 is 0 Å². The lowest BCUT2D eigenvalue weighted by Gasteiger charge is -2.28. The average molecular weight is 258 g/mol. The molecular formula is C13H26N2O3. The number of nitrogens with zero attached hydrogens (tertiary/aromatic N) is 2. The summed E-state index contributed by atoms with van der Waals surface area (Å²) in [5.41, 5.74) is -0.434. The molecular weight excluding hydrogens is 232 g/mol. The lowest BCUT2D eigenvalue weighted by atomic mass is 10.2. The van der Waals surface area contributed by atoms with Crippen LogP contribution < -0.4 is 0 Å². The van der Waals surface area contributed by atoms with Crippen molar-refractivity contribution < 1.29 is 14.3 Å². The highest BCUT2D eigenvalue weighted by molar-refractivity contribution is 5.67. The summed E-state index contributed by atoms with van der Waals surface area (Å²) in [6.45, 7) is 8.78. The molecule has 0 aromatic rings. The van der Waals surface area contributed by atoms with Crippen LogP contribution in [-0.2, 0) is 9.47 Å². The van der Waals surface area contributed by atoms with E-state index in [1.807, 2.05) is 20.8 Å². The van der Waals surface area contributed by atoms with Crippen LogP contribution >= 0.6 is 0 Å². The first-order chi connectivity index (χ1) is 8.29. The third-order valence-corrected chi connectivity index (χ3v) is 3.02. The molecule has 1 aliphatic rings. The molecule has 0 N–H and O–H groups in total. The Kier molecular flexibility index (Phi) is 5.41. The highest BCUT2D eigenvalue weighted by Crippen LogP contribution is 2.11. The van der Waals surface area contributed by atoms with Gasteiger partial charge in [0.05, 0.1) is 6.61 Å². The van der Waals surface area contributed by atoms with Gasteiger partial charge in [0.15, 0.2) is 0 Å². The quantitative estimate of drug-likeness (QED) is 0.767. The van der Waals surface area contributed by atoms with Gasteiger partial charge >= 0.3 is 6.09 Å². The Morgan fingerprint density at radius 2 is 2.00 bits per heavy atom. The molecule has 0 spiro atoms. The van der Waals surface area contributed by atoms with E-state index in [-0.39, 0.29) is 6.09 Å². The predicted octanol–water partition coefficient (Wildman–Crippen LogP) is 1.57. The maximum Gasteiger partial charge on any atom is 0.410 e. The van der Waals surface area contributed by atoms with Gasteiger partial charge in [-0.1, -0.05) is 0 Å². The van der Waals surface area contributed by atoms with E-state index in [0.717, 1.165) is 26.2 Å². The lowest BCUT2D eigenvalue weighted by Crippen LogP contribution is -2.41. The highest BCUT2D eigenvalue weighted by atomic mass is 16.6. The van der Waals surface area contributed by atoms with Crippen LogP contribution in [0.1, 0.15) is 27.2 Å². The number of ether oxygens (including phenoxy) is 2. The Morgan fingerprint density at radius 1 is 1.33 bits per heavy atom. The fourth-order valence-corrected chi connectivity index (χ4v) is 1.79. The van der Waals surface area contributed by atoms with Crippen LogP contribution in [0, 0.1) is 0 Å². The molecule has 5 nitrogen and oxygen atoms in total. The van der Waals surface area contributed by atoms with Crippen molar-refractivity contribution in [1.82, 2.24) is 9.80 Å². The van der Waals surface area contributed by atoms with Crippen LogP contribution in [0.15, 0.2) is 0 Å². The molecule has 1 amide bonds. The normalized spacial score (nSPS) is 20.2. The van der Waals surface area contributed by atoms with E-state index in [9.17, 15) is 4.79 Å². The van der Waals surface area contributed by atoms with Crippen LogP contribution in [0.3, 0.4) is 0 Å². The first-order valence-electron chi connectivity index (χ1n) is 6.51.